The first kappa shape index (κ1) is 20.4. The fourth-order valence-corrected chi connectivity index (χ4v) is 4.55. The molecular weight excluding hydrogens is 400 g/mol. The quantitative estimate of drug-likeness (QED) is 0.592. The van der Waals surface area contributed by atoms with E-state index >= 15 is 0 Å². The first-order valence-electron chi connectivity index (χ1n) is 11.1. The summed E-state index contributed by atoms with van der Waals surface area (Å²) in [4.78, 5) is 14.3. The minimum absolute atomic E-state index is 0.0514. The number of allylic oxidation sites excluding steroid dienone is 1. The number of carbonyl (C=O) groups is 1. The van der Waals surface area contributed by atoms with Gasteiger partial charge in [-0.2, -0.15) is 0 Å². The molecule has 3 aliphatic rings. The lowest BCUT2D eigenvalue weighted by atomic mass is 10.0. The highest BCUT2D eigenvalue weighted by atomic mass is 16.5. The van der Waals surface area contributed by atoms with E-state index in [1.54, 1.807) is 13.2 Å². The van der Waals surface area contributed by atoms with Crippen LogP contribution in [0.25, 0.3) is 0 Å². The maximum atomic E-state index is 11.9. The van der Waals surface area contributed by atoms with Crippen molar-refractivity contribution in [2.75, 3.05) is 20.2 Å². The summed E-state index contributed by atoms with van der Waals surface area (Å²) >= 11 is 0. The number of ether oxygens (including phenoxy) is 1. The second kappa shape index (κ2) is 8.93. The summed E-state index contributed by atoms with van der Waals surface area (Å²) in [5.41, 5.74) is 6.97. The number of hydrogen-bond donors (Lipinski definition) is 3. The maximum absolute atomic E-state index is 11.9. The zero-order chi connectivity index (χ0) is 21.9. The molecule has 6 nitrogen and oxygen atoms in total. The summed E-state index contributed by atoms with van der Waals surface area (Å²) in [6.45, 7) is 2.64. The Kier molecular flexibility index (Phi) is 5.69. The minimum atomic E-state index is -0.0514. The lowest BCUT2D eigenvalue weighted by molar-refractivity contribution is -0.115. The van der Waals surface area contributed by atoms with Gasteiger partial charge in [0.15, 0.2) is 0 Å². The van der Waals surface area contributed by atoms with Gasteiger partial charge in [0.05, 0.1) is 12.8 Å². The van der Waals surface area contributed by atoms with Gasteiger partial charge in [0.2, 0.25) is 5.91 Å². The molecule has 32 heavy (non-hydrogen) atoms. The second-order valence-electron chi connectivity index (χ2n) is 8.28. The number of nitrogens with one attached hydrogen (secondary N) is 3. The number of carbonyl (C=O) groups excluding carboxylic acids is 1. The molecule has 0 saturated heterocycles. The van der Waals surface area contributed by atoms with Gasteiger partial charge in [0.1, 0.15) is 11.9 Å². The molecule has 2 aromatic rings. The predicted octanol–water partition coefficient (Wildman–Crippen LogP) is 3.12. The van der Waals surface area contributed by atoms with Crippen molar-refractivity contribution in [3.63, 3.8) is 0 Å². The number of nitrogens with zero attached hydrogens (tertiary/aromatic N) is 1. The Morgan fingerprint density at radius 2 is 2.00 bits per heavy atom. The van der Waals surface area contributed by atoms with Crippen molar-refractivity contribution in [2.24, 2.45) is 0 Å². The zero-order valence-electron chi connectivity index (χ0n) is 18.2. The molecule has 1 unspecified atom stereocenters. The van der Waals surface area contributed by atoms with Crippen molar-refractivity contribution in [2.45, 2.75) is 25.6 Å². The van der Waals surface area contributed by atoms with Crippen LogP contribution in [0.2, 0.25) is 0 Å². The standard InChI is InChI=1S/C26H28N4O2/c1-32-22-4-2-3-18(15-22)11-13-27-16-19-5-7-20(8-6-19)26-28-17-21-9-10-24(31)29-23-12-14-30(26)25(21)23/h2-10,15,17,26-28H,11-14,16H2,1H3,(H,29,31). The van der Waals surface area contributed by atoms with E-state index in [1.165, 1.54) is 16.7 Å². The fraction of sp³-hybridized carbons (Fsp3) is 0.269. The van der Waals surface area contributed by atoms with Crippen molar-refractivity contribution in [3.05, 3.63) is 101 Å². The van der Waals surface area contributed by atoms with Crippen molar-refractivity contribution >= 4 is 5.91 Å². The molecule has 0 aliphatic carbocycles. The van der Waals surface area contributed by atoms with Gasteiger partial charge in [-0.05, 0) is 47.9 Å². The Morgan fingerprint density at radius 1 is 1.12 bits per heavy atom. The van der Waals surface area contributed by atoms with Crippen LogP contribution in [0.1, 0.15) is 29.3 Å². The van der Waals surface area contributed by atoms with Crippen molar-refractivity contribution in [1.82, 2.24) is 20.9 Å². The normalized spacial score (nSPS) is 19.2. The van der Waals surface area contributed by atoms with Gasteiger partial charge in [0, 0.05) is 43.1 Å². The van der Waals surface area contributed by atoms with Gasteiger partial charge in [-0.3, -0.25) is 4.79 Å². The van der Waals surface area contributed by atoms with E-state index in [0.29, 0.717) is 0 Å². The molecule has 6 heteroatoms. The Morgan fingerprint density at radius 3 is 2.84 bits per heavy atom. The van der Waals surface area contributed by atoms with Crippen molar-refractivity contribution in [1.29, 1.82) is 0 Å². The van der Waals surface area contributed by atoms with Crippen LogP contribution in [0, 0.1) is 0 Å². The van der Waals surface area contributed by atoms with Crippen LogP contribution in [0.5, 0.6) is 5.75 Å². The molecule has 0 radical (unpaired) electrons. The minimum Gasteiger partial charge on any atom is -0.497 e. The Balaban J connectivity index is 1.20. The maximum Gasteiger partial charge on any atom is 0.248 e. The highest BCUT2D eigenvalue weighted by Gasteiger charge is 2.34. The summed E-state index contributed by atoms with van der Waals surface area (Å²) < 4.78 is 5.29. The summed E-state index contributed by atoms with van der Waals surface area (Å²) in [6.07, 6.45) is 7.40. The van der Waals surface area contributed by atoms with E-state index in [1.807, 2.05) is 24.4 Å². The fourth-order valence-electron chi connectivity index (χ4n) is 4.55. The van der Waals surface area contributed by atoms with Crippen molar-refractivity contribution in [3.8, 4) is 5.75 Å². The van der Waals surface area contributed by atoms with Gasteiger partial charge in [-0.1, -0.05) is 36.4 Å². The second-order valence-corrected chi connectivity index (χ2v) is 8.28. The molecule has 0 fully saturated rings. The van der Waals surface area contributed by atoms with Crippen molar-refractivity contribution < 1.29 is 9.53 Å². The first-order valence-corrected chi connectivity index (χ1v) is 11.1. The highest BCUT2D eigenvalue weighted by Crippen LogP contribution is 2.38. The lowest BCUT2D eigenvalue weighted by Crippen LogP contribution is -2.38. The van der Waals surface area contributed by atoms with Gasteiger partial charge < -0.3 is 25.6 Å². The average Bonchev–Trinajstić information content (AvgIpc) is 3.17. The molecule has 1 atom stereocenters. The molecule has 0 spiro atoms. The molecule has 5 rings (SSSR count). The van der Waals surface area contributed by atoms with Crippen LogP contribution in [0.3, 0.4) is 0 Å². The van der Waals surface area contributed by atoms with Gasteiger partial charge >= 0.3 is 0 Å². The zero-order valence-corrected chi connectivity index (χ0v) is 18.2. The first-order chi connectivity index (χ1) is 15.7. The molecule has 3 N–H and O–H groups in total. The molecule has 0 bridgehead atoms. The molecular formula is C26H28N4O2. The van der Waals surface area contributed by atoms with Gasteiger partial charge in [0.25, 0.3) is 0 Å². The SMILES string of the molecule is COc1cccc(CCNCc2ccc(C3NC=C4C=CC(=O)NC5=C4N3CC5)cc2)c1. The summed E-state index contributed by atoms with van der Waals surface area (Å²) in [5.74, 6) is 0.851. The van der Waals surface area contributed by atoms with E-state index in [9.17, 15) is 4.79 Å². The molecule has 2 aromatic carbocycles. The third-order valence-corrected chi connectivity index (χ3v) is 6.20. The number of rotatable bonds is 7. The largest absolute Gasteiger partial charge is 0.497 e. The number of amides is 1. The van der Waals surface area contributed by atoms with Crippen LogP contribution in [0.4, 0.5) is 0 Å². The number of hydrogen-bond acceptors (Lipinski definition) is 5. The highest BCUT2D eigenvalue weighted by molar-refractivity contribution is 5.90. The summed E-state index contributed by atoms with van der Waals surface area (Å²) in [7, 11) is 1.70. The van der Waals surface area contributed by atoms with E-state index in [-0.39, 0.29) is 12.1 Å². The van der Waals surface area contributed by atoms with E-state index in [4.69, 9.17) is 4.74 Å². The van der Waals surface area contributed by atoms with Gasteiger partial charge in [-0.15, -0.1) is 0 Å². The summed E-state index contributed by atoms with van der Waals surface area (Å²) in [6, 6.07) is 17.0. The van der Waals surface area contributed by atoms with Crippen LogP contribution in [0.15, 0.2) is 83.9 Å². The Labute approximate surface area is 188 Å². The van der Waals surface area contributed by atoms with Crippen LogP contribution in [-0.4, -0.2) is 31.0 Å². The Bertz CT molecular complexity index is 1100. The molecule has 3 heterocycles. The van der Waals surface area contributed by atoms with Gasteiger partial charge in [-0.25, -0.2) is 0 Å². The predicted molar refractivity (Wildman–Crippen MR) is 124 cm³/mol. The third-order valence-electron chi connectivity index (χ3n) is 6.20. The van der Waals surface area contributed by atoms with Crippen LogP contribution >= 0.6 is 0 Å². The Hall–Kier alpha value is -3.51. The van der Waals surface area contributed by atoms with E-state index in [2.05, 4.69) is 57.2 Å². The molecule has 0 saturated carbocycles. The molecule has 0 aromatic heterocycles. The topological polar surface area (TPSA) is 65.6 Å². The molecule has 3 aliphatic heterocycles. The van der Waals surface area contributed by atoms with Crippen LogP contribution in [-0.2, 0) is 17.8 Å². The van der Waals surface area contributed by atoms with Crippen LogP contribution < -0.4 is 20.7 Å². The smallest absolute Gasteiger partial charge is 0.248 e. The third kappa shape index (κ3) is 4.14. The molecule has 164 valence electrons. The average molecular weight is 429 g/mol. The summed E-state index contributed by atoms with van der Waals surface area (Å²) in [5, 5.41) is 10.1. The number of benzene rings is 2. The molecule has 1 amide bonds. The van der Waals surface area contributed by atoms with E-state index in [0.717, 1.165) is 55.2 Å². The lowest BCUT2D eigenvalue weighted by Gasteiger charge is -2.36. The van der Waals surface area contributed by atoms with E-state index < -0.39 is 0 Å². The number of methoxy groups -OCH3 is 1. The monoisotopic (exact) mass is 428 g/mol.